The molecule has 18 heavy (non-hydrogen) atoms. The van der Waals surface area contributed by atoms with E-state index < -0.39 is 0 Å². The molecule has 2 fully saturated rings. The fraction of sp³-hybridized carbons (Fsp3) is 0.812. The molecule has 1 aliphatic carbocycles. The molecule has 0 aromatic heterocycles. The first kappa shape index (κ1) is 12.3. The summed E-state index contributed by atoms with van der Waals surface area (Å²) in [5, 5.41) is 0. The van der Waals surface area contributed by atoms with E-state index >= 15 is 0 Å². The van der Waals surface area contributed by atoms with Crippen LogP contribution in [0, 0.1) is 17.8 Å². The number of piperidine rings is 1. The van der Waals surface area contributed by atoms with Gasteiger partial charge in [-0.2, -0.15) is 0 Å². The van der Waals surface area contributed by atoms with Crippen molar-refractivity contribution in [1.82, 2.24) is 4.90 Å². The number of allylic oxidation sites excluding steroid dienone is 2. The quantitative estimate of drug-likeness (QED) is 0.654. The van der Waals surface area contributed by atoms with Gasteiger partial charge in [0.05, 0.1) is 0 Å². The van der Waals surface area contributed by atoms with Crippen LogP contribution in [-0.4, -0.2) is 23.3 Å². The van der Waals surface area contributed by atoms with Gasteiger partial charge < -0.3 is 4.90 Å². The van der Waals surface area contributed by atoms with Gasteiger partial charge in [0.25, 0.3) is 0 Å². The number of fused-ring (bicyclic) bond motifs is 3. The normalized spacial score (nSPS) is 40.6. The van der Waals surface area contributed by atoms with Crippen molar-refractivity contribution in [3.05, 3.63) is 11.3 Å². The van der Waals surface area contributed by atoms with Gasteiger partial charge in [0.15, 0.2) is 5.78 Å². The minimum atomic E-state index is 0.385. The SMILES string of the molecule is CC1=C2C(C)CC3CC(C)CCC3N2CCC1=O. The van der Waals surface area contributed by atoms with E-state index in [1.165, 1.54) is 31.4 Å². The highest BCUT2D eigenvalue weighted by molar-refractivity contribution is 5.96. The van der Waals surface area contributed by atoms with Gasteiger partial charge in [0.2, 0.25) is 0 Å². The Kier molecular flexibility index (Phi) is 2.99. The third-order valence-corrected chi connectivity index (χ3v) is 5.42. The summed E-state index contributed by atoms with van der Waals surface area (Å²) in [5.74, 6) is 2.74. The van der Waals surface area contributed by atoms with E-state index in [-0.39, 0.29) is 0 Å². The summed E-state index contributed by atoms with van der Waals surface area (Å²) in [6.45, 7) is 7.74. The zero-order valence-electron chi connectivity index (χ0n) is 11.9. The lowest BCUT2D eigenvalue weighted by molar-refractivity contribution is -0.117. The molecule has 100 valence electrons. The first-order valence-electron chi connectivity index (χ1n) is 7.58. The Morgan fingerprint density at radius 2 is 1.94 bits per heavy atom. The van der Waals surface area contributed by atoms with E-state index in [1.54, 1.807) is 0 Å². The molecular formula is C16H25NO. The standard InChI is InChI=1S/C16H25NO/c1-10-4-5-14-13(8-10)9-11(2)16-12(3)15(18)6-7-17(14)16/h10-11,13-14H,4-9H2,1-3H3. The lowest BCUT2D eigenvalue weighted by atomic mass is 9.69. The highest BCUT2D eigenvalue weighted by Crippen LogP contribution is 2.45. The van der Waals surface area contributed by atoms with Crippen molar-refractivity contribution in [3.8, 4) is 0 Å². The van der Waals surface area contributed by atoms with Crippen molar-refractivity contribution in [1.29, 1.82) is 0 Å². The number of rotatable bonds is 0. The summed E-state index contributed by atoms with van der Waals surface area (Å²) in [5.41, 5.74) is 2.45. The Bertz CT molecular complexity index is 398. The number of nitrogens with zero attached hydrogens (tertiary/aromatic N) is 1. The van der Waals surface area contributed by atoms with Crippen molar-refractivity contribution >= 4 is 5.78 Å². The summed E-state index contributed by atoms with van der Waals surface area (Å²) >= 11 is 0. The lowest BCUT2D eigenvalue weighted by Gasteiger charge is -2.52. The molecule has 4 atom stereocenters. The maximum Gasteiger partial charge on any atom is 0.162 e. The van der Waals surface area contributed by atoms with Crippen LogP contribution in [-0.2, 0) is 4.79 Å². The molecule has 0 spiro atoms. The second kappa shape index (κ2) is 4.40. The minimum Gasteiger partial charge on any atom is -0.371 e. The molecule has 3 aliphatic rings. The molecule has 1 saturated carbocycles. The fourth-order valence-electron chi connectivity index (χ4n) is 4.60. The molecule has 0 aromatic carbocycles. The van der Waals surface area contributed by atoms with Crippen LogP contribution in [0.25, 0.3) is 0 Å². The number of carbonyl (C=O) groups excluding carboxylic acids is 1. The molecule has 0 N–H and O–H groups in total. The van der Waals surface area contributed by atoms with Gasteiger partial charge in [0.1, 0.15) is 0 Å². The summed E-state index contributed by atoms with van der Waals surface area (Å²) in [6.07, 6.45) is 6.13. The van der Waals surface area contributed by atoms with Gasteiger partial charge in [-0.15, -0.1) is 0 Å². The van der Waals surface area contributed by atoms with Gasteiger partial charge in [-0.25, -0.2) is 0 Å². The number of Topliss-reactive ketones (excluding diaryl/α,β-unsaturated/α-hetero) is 1. The lowest BCUT2D eigenvalue weighted by Crippen LogP contribution is -2.51. The zero-order chi connectivity index (χ0) is 12.9. The molecule has 2 nitrogen and oxygen atoms in total. The highest BCUT2D eigenvalue weighted by atomic mass is 16.1. The minimum absolute atomic E-state index is 0.385. The molecular weight excluding hydrogens is 222 g/mol. The maximum atomic E-state index is 11.9. The summed E-state index contributed by atoms with van der Waals surface area (Å²) < 4.78 is 0. The third kappa shape index (κ3) is 1.81. The number of hydrogen-bond donors (Lipinski definition) is 0. The Morgan fingerprint density at radius 3 is 2.72 bits per heavy atom. The van der Waals surface area contributed by atoms with E-state index in [1.807, 2.05) is 6.92 Å². The molecule has 4 unspecified atom stereocenters. The van der Waals surface area contributed by atoms with Crippen LogP contribution in [0.3, 0.4) is 0 Å². The largest absolute Gasteiger partial charge is 0.371 e. The van der Waals surface area contributed by atoms with E-state index in [9.17, 15) is 4.79 Å². The molecule has 2 heterocycles. The van der Waals surface area contributed by atoms with Crippen molar-refractivity contribution in [2.24, 2.45) is 17.8 Å². The predicted molar refractivity (Wildman–Crippen MR) is 73.1 cm³/mol. The van der Waals surface area contributed by atoms with Crippen LogP contribution in [0.2, 0.25) is 0 Å². The van der Waals surface area contributed by atoms with Gasteiger partial charge in [-0.05, 0) is 50.4 Å². The van der Waals surface area contributed by atoms with Gasteiger partial charge in [-0.1, -0.05) is 13.8 Å². The maximum absolute atomic E-state index is 11.9. The molecule has 1 saturated heterocycles. The van der Waals surface area contributed by atoms with Crippen LogP contribution in [0.1, 0.15) is 52.9 Å². The van der Waals surface area contributed by atoms with Crippen molar-refractivity contribution in [2.75, 3.05) is 6.54 Å². The molecule has 3 rings (SSSR count). The number of carbonyl (C=O) groups is 1. The molecule has 0 radical (unpaired) electrons. The first-order chi connectivity index (χ1) is 8.58. The highest BCUT2D eigenvalue weighted by Gasteiger charge is 2.42. The van der Waals surface area contributed by atoms with Crippen LogP contribution >= 0.6 is 0 Å². The zero-order valence-corrected chi connectivity index (χ0v) is 11.9. The van der Waals surface area contributed by atoms with Gasteiger partial charge in [-0.3, -0.25) is 4.79 Å². The molecule has 0 aromatic rings. The van der Waals surface area contributed by atoms with Gasteiger partial charge >= 0.3 is 0 Å². The van der Waals surface area contributed by atoms with Crippen LogP contribution in [0.15, 0.2) is 11.3 Å². The molecule has 0 amide bonds. The summed E-state index contributed by atoms with van der Waals surface area (Å²) in [4.78, 5) is 14.5. The smallest absolute Gasteiger partial charge is 0.162 e. The van der Waals surface area contributed by atoms with E-state index in [0.717, 1.165) is 36.4 Å². The Hall–Kier alpha value is -0.790. The molecule has 2 heteroatoms. The second-order valence-corrected chi connectivity index (χ2v) is 6.76. The van der Waals surface area contributed by atoms with Crippen molar-refractivity contribution in [3.63, 3.8) is 0 Å². The van der Waals surface area contributed by atoms with Crippen molar-refractivity contribution in [2.45, 2.75) is 58.9 Å². The first-order valence-corrected chi connectivity index (χ1v) is 7.58. The molecule has 2 aliphatic heterocycles. The Labute approximate surface area is 110 Å². The van der Waals surface area contributed by atoms with Crippen LogP contribution < -0.4 is 0 Å². The number of ketones is 1. The third-order valence-electron chi connectivity index (χ3n) is 5.42. The predicted octanol–water partition coefficient (Wildman–Crippen LogP) is 3.38. The second-order valence-electron chi connectivity index (χ2n) is 6.76. The van der Waals surface area contributed by atoms with Crippen LogP contribution in [0.5, 0.6) is 0 Å². The van der Waals surface area contributed by atoms with Gasteiger partial charge in [0, 0.05) is 30.3 Å². The summed E-state index contributed by atoms with van der Waals surface area (Å²) in [6, 6.07) is 0.732. The Balaban J connectivity index is 1.93. The van der Waals surface area contributed by atoms with E-state index in [2.05, 4.69) is 18.7 Å². The molecule has 0 bridgehead atoms. The van der Waals surface area contributed by atoms with E-state index in [4.69, 9.17) is 0 Å². The fourth-order valence-corrected chi connectivity index (χ4v) is 4.60. The average Bonchev–Trinajstić information content (AvgIpc) is 2.32. The topological polar surface area (TPSA) is 20.3 Å². The monoisotopic (exact) mass is 247 g/mol. The van der Waals surface area contributed by atoms with E-state index in [0.29, 0.717) is 11.7 Å². The number of hydrogen-bond acceptors (Lipinski definition) is 2. The van der Waals surface area contributed by atoms with Crippen molar-refractivity contribution < 1.29 is 4.79 Å². The Morgan fingerprint density at radius 1 is 1.17 bits per heavy atom. The summed E-state index contributed by atoms with van der Waals surface area (Å²) in [7, 11) is 0. The average molecular weight is 247 g/mol. The van der Waals surface area contributed by atoms with Crippen LogP contribution in [0.4, 0.5) is 0 Å².